The predicted molar refractivity (Wildman–Crippen MR) is 87.4 cm³/mol. The Morgan fingerprint density at radius 2 is 2.29 bits per heavy atom. The Labute approximate surface area is 127 Å². The van der Waals surface area contributed by atoms with E-state index >= 15 is 0 Å². The van der Waals surface area contributed by atoms with Gasteiger partial charge in [0, 0.05) is 30.7 Å². The lowest BCUT2D eigenvalue weighted by atomic mass is 9.75. The van der Waals surface area contributed by atoms with Crippen molar-refractivity contribution in [1.82, 2.24) is 9.55 Å². The Morgan fingerprint density at radius 1 is 1.38 bits per heavy atom. The lowest BCUT2D eigenvalue weighted by Gasteiger charge is -2.36. The lowest BCUT2D eigenvalue weighted by molar-refractivity contribution is 0.229. The zero-order valence-corrected chi connectivity index (χ0v) is 13.0. The molecule has 1 aliphatic rings. The summed E-state index contributed by atoms with van der Waals surface area (Å²) in [5, 5.41) is 3.73. The normalized spacial score (nSPS) is 21.1. The van der Waals surface area contributed by atoms with Crippen molar-refractivity contribution >= 4 is 5.69 Å². The van der Waals surface area contributed by atoms with Gasteiger partial charge in [-0.1, -0.05) is 32.4 Å². The molecule has 3 nitrogen and oxygen atoms in total. The van der Waals surface area contributed by atoms with E-state index in [9.17, 15) is 0 Å². The predicted octanol–water partition coefficient (Wildman–Crippen LogP) is 4.31. The first-order chi connectivity index (χ1) is 10.1. The molecule has 112 valence electrons. The molecule has 0 spiro atoms. The molecule has 1 atom stereocenters. The molecular formula is C18H25N3. The van der Waals surface area contributed by atoms with E-state index in [-0.39, 0.29) is 0 Å². The van der Waals surface area contributed by atoms with Gasteiger partial charge in [0.2, 0.25) is 0 Å². The topological polar surface area (TPSA) is 29.9 Å². The van der Waals surface area contributed by atoms with Gasteiger partial charge >= 0.3 is 0 Å². The van der Waals surface area contributed by atoms with E-state index in [0.29, 0.717) is 11.5 Å². The Kier molecular flexibility index (Phi) is 4.00. The zero-order chi connectivity index (χ0) is 14.7. The molecule has 2 aromatic rings. The maximum absolute atomic E-state index is 4.10. The molecule has 1 heterocycles. The molecule has 1 fully saturated rings. The van der Waals surface area contributed by atoms with Crippen LogP contribution in [0.3, 0.4) is 0 Å². The van der Waals surface area contributed by atoms with Crippen molar-refractivity contribution in [3.8, 4) is 0 Å². The highest BCUT2D eigenvalue weighted by Gasteiger charge is 2.27. The van der Waals surface area contributed by atoms with Crippen molar-refractivity contribution in [3.05, 3.63) is 48.5 Å². The van der Waals surface area contributed by atoms with Crippen molar-refractivity contribution < 1.29 is 0 Å². The number of hydrogen-bond acceptors (Lipinski definition) is 2. The van der Waals surface area contributed by atoms with Gasteiger partial charge in [-0.2, -0.15) is 0 Å². The minimum atomic E-state index is 0.477. The first-order valence-corrected chi connectivity index (χ1v) is 7.92. The second-order valence-corrected chi connectivity index (χ2v) is 7.04. The van der Waals surface area contributed by atoms with E-state index in [0.717, 1.165) is 6.54 Å². The fraction of sp³-hybridized carbons (Fsp3) is 0.500. The van der Waals surface area contributed by atoms with Crippen molar-refractivity contribution in [2.45, 2.75) is 52.1 Å². The highest BCUT2D eigenvalue weighted by Crippen LogP contribution is 2.36. The van der Waals surface area contributed by atoms with E-state index in [2.05, 4.69) is 53.0 Å². The molecule has 0 amide bonds. The Hall–Kier alpha value is -1.77. The second-order valence-electron chi connectivity index (χ2n) is 7.04. The molecule has 0 radical (unpaired) electrons. The fourth-order valence-electron chi connectivity index (χ4n) is 3.41. The average Bonchev–Trinajstić information content (AvgIpc) is 2.91. The van der Waals surface area contributed by atoms with Crippen molar-refractivity contribution in [2.24, 2.45) is 5.41 Å². The number of hydrogen-bond donors (Lipinski definition) is 1. The number of nitrogens with zero attached hydrogens (tertiary/aromatic N) is 2. The van der Waals surface area contributed by atoms with Gasteiger partial charge in [-0.25, -0.2) is 4.98 Å². The number of benzene rings is 1. The van der Waals surface area contributed by atoms with Crippen molar-refractivity contribution in [1.29, 1.82) is 0 Å². The molecular weight excluding hydrogens is 258 g/mol. The van der Waals surface area contributed by atoms with Gasteiger partial charge in [0.15, 0.2) is 0 Å². The van der Waals surface area contributed by atoms with E-state index in [1.165, 1.54) is 36.9 Å². The summed E-state index contributed by atoms with van der Waals surface area (Å²) in [6.45, 7) is 5.65. The molecule has 3 rings (SSSR count). The third kappa shape index (κ3) is 3.87. The monoisotopic (exact) mass is 283 g/mol. The SMILES string of the molecule is CC1(C)CCCC(Nc2cccc(Cn3ccnc3)c2)C1. The molecule has 21 heavy (non-hydrogen) atoms. The quantitative estimate of drug-likeness (QED) is 0.906. The first kappa shape index (κ1) is 14.2. The Balaban J connectivity index is 1.65. The number of aromatic nitrogens is 2. The zero-order valence-electron chi connectivity index (χ0n) is 13.0. The summed E-state index contributed by atoms with van der Waals surface area (Å²) < 4.78 is 2.10. The summed E-state index contributed by atoms with van der Waals surface area (Å²) in [4.78, 5) is 4.10. The second kappa shape index (κ2) is 5.92. The van der Waals surface area contributed by atoms with Crippen LogP contribution in [0.5, 0.6) is 0 Å². The third-order valence-electron chi connectivity index (χ3n) is 4.43. The van der Waals surface area contributed by atoms with Crippen molar-refractivity contribution in [2.75, 3.05) is 5.32 Å². The Bertz CT molecular complexity index is 572. The van der Waals surface area contributed by atoms with Gasteiger partial charge < -0.3 is 9.88 Å². The van der Waals surface area contributed by atoms with Crippen LogP contribution in [0.1, 0.15) is 45.1 Å². The maximum atomic E-state index is 4.10. The van der Waals surface area contributed by atoms with Crippen LogP contribution in [0.2, 0.25) is 0 Å². The highest BCUT2D eigenvalue weighted by molar-refractivity contribution is 5.46. The van der Waals surface area contributed by atoms with E-state index < -0.39 is 0 Å². The van der Waals surface area contributed by atoms with Crippen LogP contribution >= 0.6 is 0 Å². The van der Waals surface area contributed by atoms with Crippen LogP contribution in [0.15, 0.2) is 43.0 Å². The van der Waals surface area contributed by atoms with Gasteiger partial charge in [-0.05, 0) is 42.4 Å². The van der Waals surface area contributed by atoms with Gasteiger partial charge in [0.1, 0.15) is 0 Å². The van der Waals surface area contributed by atoms with Gasteiger partial charge in [-0.15, -0.1) is 0 Å². The molecule has 1 unspecified atom stereocenters. The van der Waals surface area contributed by atoms with Gasteiger partial charge in [-0.3, -0.25) is 0 Å². The number of nitrogens with one attached hydrogen (secondary N) is 1. The fourth-order valence-corrected chi connectivity index (χ4v) is 3.41. The smallest absolute Gasteiger partial charge is 0.0949 e. The van der Waals surface area contributed by atoms with Crippen LogP contribution < -0.4 is 5.32 Å². The molecule has 1 aromatic heterocycles. The average molecular weight is 283 g/mol. The van der Waals surface area contributed by atoms with Gasteiger partial charge in [0.25, 0.3) is 0 Å². The summed E-state index contributed by atoms with van der Waals surface area (Å²) in [6, 6.07) is 9.37. The standard InChI is InChI=1S/C18H25N3/c1-18(2)8-4-7-17(12-18)20-16-6-3-5-15(11-16)13-21-10-9-19-14-21/h3,5-6,9-11,14,17,20H,4,7-8,12-13H2,1-2H3. The number of rotatable bonds is 4. The first-order valence-electron chi connectivity index (χ1n) is 7.92. The molecule has 3 heteroatoms. The summed E-state index contributed by atoms with van der Waals surface area (Å²) >= 11 is 0. The summed E-state index contributed by atoms with van der Waals surface area (Å²) in [7, 11) is 0. The molecule has 1 saturated carbocycles. The maximum Gasteiger partial charge on any atom is 0.0949 e. The minimum absolute atomic E-state index is 0.477. The van der Waals surface area contributed by atoms with Crippen LogP contribution in [0.25, 0.3) is 0 Å². The largest absolute Gasteiger partial charge is 0.382 e. The summed E-state index contributed by atoms with van der Waals surface area (Å²) in [6.07, 6.45) is 10.9. The Morgan fingerprint density at radius 3 is 3.05 bits per heavy atom. The van der Waals surface area contributed by atoms with Crippen molar-refractivity contribution in [3.63, 3.8) is 0 Å². The van der Waals surface area contributed by atoms with Crippen LogP contribution in [0.4, 0.5) is 5.69 Å². The molecule has 1 N–H and O–H groups in total. The van der Waals surface area contributed by atoms with E-state index in [1.807, 2.05) is 18.7 Å². The highest BCUT2D eigenvalue weighted by atomic mass is 15.0. The van der Waals surface area contributed by atoms with Gasteiger partial charge in [0.05, 0.1) is 6.33 Å². The number of imidazole rings is 1. The molecule has 0 bridgehead atoms. The lowest BCUT2D eigenvalue weighted by Crippen LogP contribution is -2.31. The van der Waals surface area contributed by atoms with Crippen LogP contribution in [-0.2, 0) is 6.54 Å². The van der Waals surface area contributed by atoms with Crippen LogP contribution in [0, 0.1) is 5.41 Å². The minimum Gasteiger partial charge on any atom is -0.382 e. The third-order valence-corrected chi connectivity index (χ3v) is 4.43. The molecule has 1 aliphatic carbocycles. The summed E-state index contributed by atoms with van der Waals surface area (Å²) in [5.74, 6) is 0. The molecule has 0 saturated heterocycles. The molecule has 1 aromatic carbocycles. The van der Waals surface area contributed by atoms with Crippen LogP contribution in [-0.4, -0.2) is 15.6 Å². The molecule has 0 aliphatic heterocycles. The number of anilines is 1. The summed E-state index contributed by atoms with van der Waals surface area (Å²) in [5.41, 5.74) is 3.04. The van der Waals surface area contributed by atoms with E-state index in [1.54, 1.807) is 0 Å². The van der Waals surface area contributed by atoms with E-state index in [4.69, 9.17) is 0 Å².